The third-order valence-electron chi connectivity index (χ3n) is 2.63. The molecule has 0 spiro atoms. The third kappa shape index (κ3) is 7.04. The summed E-state index contributed by atoms with van der Waals surface area (Å²) >= 11 is 1.56. The van der Waals surface area contributed by atoms with Crippen LogP contribution < -0.4 is 5.32 Å². The first-order chi connectivity index (χ1) is 9.61. The van der Waals surface area contributed by atoms with E-state index in [0.717, 1.165) is 30.0 Å². The van der Waals surface area contributed by atoms with E-state index < -0.39 is 0 Å². The van der Waals surface area contributed by atoms with Crippen LogP contribution in [0.1, 0.15) is 36.4 Å². The fourth-order valence-corrected chi connectivity index (χ4v) is 2.14. The molecule has 1 heterocycles. The minimum Gasteiger partial charge on any atom is -0.469 e. The Morgan fingerprint density at radius 2 is 2.20 bits per heavy atom. The molecule has 0 saturated heterocycles. The van der Waals surface area contributed by atoms with E-state index in [1.165, 1.54) is 13.2 Å². The maximum atomic E-state index is 11.5. The highest BCUT2D eigenvalue weighted by atomic mass is 32.1. The molecule has 1 aromatic rings. The molecule has 0 bridgehead atoms. The molecule has 20 heavy (non-hydrogen) atoms. The molecule has 0 saturated carbocycles. The number of thiazole rings is 1. The number of aromatic nitrogens is 1. The van der Waals surface area contributed by atoms with Gasteiger partial charge in [-0.25, -0.2) is 4.98 Å². The van der Waals surface area contributed by atoms with Crippen molar-refractivity contribution in [2.45, 2.75) is 32.6 Å². The quantitative estimate of drug-likeness (QED) is 0.454. The lowest BCUT2D eigenvalue weighted by molar-refractivity contribution is -0.140. The highest BCUT2D eigenvalue weighted by Gasteiger charge is 2.00. The van der Waals surface area contributed by atoms with Gasteiger partial charge in [-0.3, -0.25) is 9.59 Å². The van der Waals surface area contributed by atoms with E-state index in [-0.39, 0.29) is 11.9 Å². The van der Waals surface area contributed by atoms with Gasteiger partial charge in [0.15, 0.2) is 0 Å². The van der Waals surface area contributed by atoms with Gasteiger partial charge in [-0.15, -0.1) is 11.3 Å². The normalized spacial score (nSPS) is 10.7. The highest BCUT2D eigenvalue weighted by molar-refractivity contribution is 7.09. The first-order valence-electron chi connectivity index (χ1n) is 6.56. The van der Waals surface area contributed by atoms with Crippen LogP contribution in [0.4, 0.5) is 0 Å². The Labute approximate surface area is 123 Å². The minimum absolute atomic E-state index is 0.122. The summed E-state index contributed by atoms with van der Waals surface area (Å²) in [6.45, 7) is 2.54. The number of nitrogens with one attached hydrogen (secondary N) is 1. The molecule has 0 aromatic carbocycles. The molecule has 5 nitrogen and oxygen atoms in total. The number of unbranched alkanes of at least 4 members (excludes halogenated alkanes) is 2. The van der Waals surface area contributed by atoms with Gasteiger partial charge in [0.2, 0.25) is 5.91 Å². The second-order valence-electron chi connectivity index (χ2n) is 4.30. The maximum Gasteiger partial charge on any atom is 0.305 e. The number of amides is 1. The van der Waals surface area contributed by atoms with E-state index in [1.807, 2.05) is 12.3 Å². The minimum atomic E-state index is -0.185. The number of nitrogens with zero attached hydrogens (tertiary/aromatic N) is 1. The molecule has 0 aliphatic carbocycles. The highest BCUT2D eigenvalue weighted by Crippen LogP contribution is 2.08. The largest absolute Gasteiger partial charge is 0.469 e. The van der Waals surface area contributed by atoms with Crippen LogP contribution in [0.2, 0.25) is 0 Å². The number of esters is 1. The van der Waals surface area contributed by atoms with Gasteiger partial charge >= 0.3 is 5.97 Å². The van der Waals surface area contributed by atoms with Gasteiger partial charge in [0, 0.05) is 24.4 Å². The van der Waals surface area contributed by atoms with Crippen LogP contribution in [0, 0.1) is 6.92 Å². The number of rotatable bonds is 8. The van der Waals surface area contributed by atoms with E-state index >= 15 is 0 Å². The van der Waals surface area contributed by atoms with Gasteiger partial charge in [0.1, 0.15) is 0 Å². The number of aryl methyl sites for hydroxylation is 1. The molecule has 1 amide bonds. The summed E-state index contributed by atoms with van der Waals surface area (Å²) in [5.74, 6) is -0.306. The van der Waals surface area contributed by atoms with Crippen LogP contribution in [0.15, 0.2) is 11.5 Å². The number of carbonyl (C=O) groups excluding carboxylic acids is 2. The second-order valence-corrected chi connectivity index (χ2v) is 5.36. The standard InChI is InChI=1S/C14H20N2O3S/c1-11-16-12(10-20-11)7-8-13(17)15-9-5-3-4-6-14(18)19-2/h7-8,10H,3-6,9H2,1-2H3,(H,15,17)/b8-7+. The lowest BCUT2D eigenvalue weighted by atomic mass is 10.2. The van der Waals surface area contributed by atoms with Crippen LogP contribution in [-0.2, 0) is 14.3 Å². The molecule has 0 atom stereocenters. The van der Waals surface area contributed by atoms with Crippen molar-refractivity contribution < 1.29 is 14.3 Å². The molecule has 6 heteroatoms. The molecule has 110 valence electrons. The summed E-state index contributed by atoms with van der Waals surface area (Å²) in [5.41, 5.74) is 0.806. The zero-order valence-electron chi connectivity index (χ0n) is 11.8. The summed E-state index contributed by atoms with van der Waals surface area (Å²) in [4.78, 5) is 26.6. The average Bonchev–Trinajstić information content (AvgIpc) is 2.85. The summed E-state index contributed by atoms with van der Waals surface area (Å²) in [5, 5.41) is 5.69. The number of ether oxygens (including phenoxy) is 1. The lowest BCUT2D eigenvalue weighted by Gasteiger charge is -2.02. The van der Waals surface area contributed by atoms with Gasteiger partial charge in [-0.05, 0) is 25.8 Å². The van der Waals surface area contributed by atoms with Crippen molar-refractivity contribution >= 4 is 29.3 Å². The first-order valence-corrected chi connectivity index (χ1v) is 7.44. The summed E-state index contributed by atoms with van der Waals surface area (Å²) < 4.78 is 4.55. The van der Waals surface area contributed by atoms with Crippen LogP contribution >= 0.6 is 11.3 Å². The first kappa shape index (κ1) is 16.4. The second kappa shape index (κ2) is 9.25. The number of hydrogen-bond donors (Lipinski definition) is 1. The zero-order valence-corrected chi connectivity index (χ0v) is 12.7. The Morgan fingerprint density at radius 3 is 2.85 bits per heavy atom. The Bertz CT molecular complexity index is 469. The molecule has 0 fully saturated rings. The summed E-state index contributed by atoms with van der Waals surface area (Å²) in [6, 6.07) is 0. The van der Waals surface area contributed by atoms with Crippen molar-refractivity contribution in [1.82, 2.24) is 10.3 Å². The molecule has 1 N–H and O–H groups in total. The van der Waals surface area contributed by atoms with Crippen molar-refractivity contribution in [3.05, 3.63) is 22.2 Å². The van der Waals surface area contributed by atoms with Gasteiger partial charge in [0.25, 0.3) is 0 Å². The summed E-state index contributed by atoms with van der Waals surface area (Å²) in [7, 11) is 1.39. The molecular weight excluding hydrogens is 276 g/mol. The molecule has 0 unspecified atom stereocenters. The van der Waals surface area contributed by atoms with E-state index in [9.17, 15) is 9.59 Å². The van der Waals surface area contributed by atoms with Crippen molar-refractivity contribution in [1.29, 1.82) is 0 Å². The third-order valence-corrected chi connectivity index (χ3v) is 3.42. The van der Waals surface area contributed by atoms with Crippen LogP contribution in [-0.4, -0.2) is 30.5 Å². The Kier molecular flexibility index (Phi) is 7.57. The van der Waals surface area contributed by atoms with Crippen molar-refractivity contribution in [3.63, 3.8) is 0 Å². The van der Waals surface area contributed by atoms with Gasteiger partial charge < -0.3 is 10.1 Å². The van der Waals surface area contributed by atoms with Crippen molar-refractivity contribution in [2.75, 3.05) is 13.7 Å². The number of hydrogen-bond acceptors (Lipinski definition) is 5. The van der Waals surface area contributed by atoms with E-state index in [0.29, 0.717) is 13.0 Å². The average molecular weight is 296 g/mol. The predicted molar refractivity (Wildman–Crippen MR) is 79.4 cm³/mol. The fraction of sp³-hybridized carbons (Fsp3) is 0.500. The van der Waals surface area contributed by atoms with Crippen LogP contribution in [0.3, 0.4) is 0 Å². The molecular formula is C14H20N2O3S. The Balaban J connectivity index is 2.08. The number of carbonyl (C=O) groups is 2. The molecule has 1 aromatic heterocycles. The van der Waals surface area contributed by atoms with Crippen molar-refractivity contribution in [3.8, 4) is 0 Å². The number of methoxy groups -OCH3 is 1. The van der Waals surface area contributed by atoms with E-state index in [1.54, 1.807) is 17.4 Å². The van der Waals surface area contributed by atoms with E-state index in [4.69, 9.17) is 0 Å². The Morgan fingerprint density at radius 1 is 1.40 bits per heavy atom. The molecule has 0 radical (unpaired) electrons. The van der Waals surface area contributed by atoms with Crippen LogP contribution in [0.5, 0.6) is 0 Å². The smallest absolute Gasteiger partial charge is 0.305 e. The van der Waals surface area contributed by atoms with Crippen LogP contribution in [0.25, 0.3) is 6.08 Å². The SMILES string of the molecule is COC(=O)CCCCCNC(=O)/C=C/c1csc(C)n1. The topological polar surface area (TPSA) is 68.3 Å². The Hall–Kier alpha value is -1.69. The summed E-state index contributed by atoms with van der Waals surface area (Å²) in [6.07, 6.45) is 6.17. The monoisotopic (exact) mass is 296 g/mol. The fourth-order valence-electron chi connectivity index (χ4n) is 1.56. The maximum absolute atomic E-state index is 11.5. The van der Waals surface area contributed by atoms with Gasteiger partial charge in [-0.2, -0.15) is 0 Å². The molecule has 1 rings (SSSR count). The van der Waals surface area contributed by atoms with Gasteiger partial charge in [-0.1, -0.05) is 6.42 Å². The van der Waals surface area contributed by atoms with E-state index in [2.05, 4.69) is 15.0 Å². The lowest BCUT2D eigenvalue weighted by Crippen LogP contribution is -2.22. The molecule has 0 aliphatic heterocycles. The molecule has 0 aliphatic rings. The predicted octanol–water partition coefficient (Wildman–Crippen LogP) is 2.31. The van der Waals surface area contributed by atoms with Crippen molar-refractivity contribution in [2.24, 2.45) is 0 Å². The van der Waals surface area contributed by atoms with Gasteiger partial charge in [0.05, 0.1) is 17.8 Å². The zero-order chi connectivity index (χ0) is 14.8.